The van der Waals surface area contributed by atoms with E-state index in [1.807, 2.05) is 54.6 Å². The second-order valence-electron chi connectivity index (χ2n) is 10.8. The molecule has 2 aromatic carbocycles. The monoisotopic (exact) mass is 532 g/mol. The Labute approximate surface area is 228 Å². The largest absolute Gasteiger partial charge is 0.480 e. The number of carboxylic acids is 1. The number of amides is 3. The van der Waals surface area contributed by atoms with Gasteiger partial charge in [-0.3, -0.25) is 14.4 Å². The van der Waals surface area contributed by atoms with Crippen molar-refractivity contribution in [3.8, 4) is 0 Å². The van der Waals surface area contributed by atoms with Gasteiger partial charge in [0.15, 0.2) is 0 Å². The van der Waals surface area contributed by atoms with E-state index in [1.54, 1.807) is 4.90 Å². The van der Waals surface area contributed by atoms with Gasteiger partial charge in [0.1, 0.15) is 12.1 Å². The van der Waals surface area contributed by atoms with Crippen molar-refractivity contribution in [3.63, 3.8) is 0 Å². The third-order valence-corrected chi connectivity index (χ3v) is 8.14. The highest BCUT2D eigenvalue weighted by atomic mass is 16.4. The number of carboxylic acid groups (broad SMARTS) is 1. The lowest BCUT2D eigenvalue weighted by Gasteiger charge is -2.39. The summed E-state index contributed by atoms with van der Waals surface area (Å²) >= 11 is 0. The fourth-order valence-corrected chi connectivity index (χ4v) is 6.10. The normalized spacial score (nSPS) is 23.2. The van der Waals surface area contributed by atoms with E-state index in [9.17, 15) is 24.3 Å². The number of likely N-dealkylation sites (tertiary alicyclic amines) is 1. The van der Waals surface area contributed by atoms with Crippen molar-refractivity contribution in [1.29, 1.82) is 0 Å². The van der Waals surface area contributed by atoms with E-state index in [-0.39, 0.29) is 36.7 Å². The third kappa shape index (κ3) is 6.14. The molecule has 2 aromatic rings. The van der Waals surface area contributed by atoms with Gasteiger partial charge in [-0.2, -0.15) is 0 Å². The zero-order valence-corrected chi connectivity index (χ0v) is 22.1. The predicted octanol–water partition coefficient (Wildman–Crippen LogP) is 1.89. The molecule has 3 heterocycles. The fourth-order valence-electron chi connectivity index (χ4n) is 6.10. The predicted molar refractivity (Wildman–Crippen MR) is 145 cm³/mol. The quantitative estimate of drug-likeness (QED) is 0.478. The SMILES string of the molecule is O=C(N[C@H](CC(=O)N1Cc2ccccc2C[C@H]1C(=O)N1CCC[C@H]1C(=O)O)Cc1ccccc1)[C@@H]1CCCN1. The van der Waals surface area contributed by atoms with Gasteiger partial charge in [-0.1, -0.05) is 54.6 Å². The summed E-state index contributed by atoms with van der Waals surface area (Å²) in [7, 11) is 0. The number of hydrogen-bond acceptors (Lipinski definition) is 5. The van der Waals surface area contributed by atoms with Gasteiger partial charge in [-0.15, -0.1) is 0 Å². The second-order valence-corrected chi connectivity index (χ2v) is 10.8. The molecule has 2 saturated heterocycles. The molecule has 206 valence electrons. The summed E-state index contributed by atoms with van der Waals surface area (Å²) in [5.41, 5.74) is 2.98. The number of nitrogens with zero attached hydrogens (tertiary/aromatic N) is 2. The zero-order valence-electron chi connectivity index (χ0n) is 22.1. The topological polar surface area (TPSA) is 119 Å². The Balaban J connectivity index is 1.38. The number of carbonyl (C=O) groups excluding carboxylic acids is 3. The van der Waals surface area contributed by atoms with Crippen molar-refractivity contribution in [2.45, 2.75) is 75.7 Å². The van der Waals surface area contributed by atoms with Crippen LogP contribution in [0.15, 0.2) is 54.6 Å². The summed E-state index contributed by atoms with van der Waals surface area (Å²) in [4.78, 5) is 55.5. The highest BCUT2D eigenvalue weighted by Gasteiger charge is 2.42. The molecule has 2 fully saturated rings. The molecular formula is C30H36N4O5. The van der Waals surface area contributed by atoms with Gasteiger partial charge in [0.2, 0.25) is 17.7 Å². The Kier molecular flexibility index (Phi) is 8.26. The van der Waals surface area contributed by atoms with Gasteiger partial charge >= 0.3 is 5.97 Å². The molecule has 0 radical (unpaired) electrons. The van der Waals surface area contributed by atoms with Gasteiger partial charge in [-0.05, 0) is 55.3 Å². The molecule has 0 aliphatic carbocycles. The standard InChI is InChI=1S/C30H36N4O5/c35-27(18-23(16-20-8-2-1-3-9-20)32-28(36)24-12-6-14-31-24)34-19-22-11-5-4-10-21(22)17-26(34)29(37)33-15-7-13-25(33)30(38)39/h1-5,8-11,23-26,31H,6-7,12-19H2,(H,32,36)(H,38,39)/t23-,24-,25-,26-/m0/s1. The molecule has 0 aromatic heterocycles. The van der Waals surface area contributed by atoms with Crippen LogP contribution in [0.3, 0.4) is 0 Å². The summed E-state index contributed by atoms with van der Waals surface area (Å²) in [6, 6.07) is 15.1. The lowest BCUT2D eigenvalue weighted by Crippen LogP contribution is -2.56. The van der Waals surface area contributed by atoms with Crippen molar-refractivity contribution < 1.29 is 24.3 Å². The summed E-state index contributed by atoms with van der Waals surface area (Å²) < 4.78 is 0. The molecule has 0 spiro atoms. The highest BCUT2D eigenvalue weighted by molar-refractivity contribution is 5.92. The van der Waals surface area contributed by atoms with Gasteiger partial charge in [0.25, 0.3) is 0 Å². The summed E-state index contributed by atoms with van der Waals surface area (Å²) in [6.07, 6.45) is 3.61. The Morgan fingerprint density at radius 3 is 2.38 bits per heavy atom. The number of aliphatic carboxylic acids is 1. The van der Waals surface area contributed by atoms with Crippen LogP contribution >= 0.6 is 0 Å². The maximum absolute atomic E-state index is 13.9. The summed E-state index contributed by atoms with van der Waals surface area (Å²) in [5.74, 6) is -1.67. The lowest BCUT2D eigenvalue weighted by atomic mass is 9.92. The Hall–Kier alpha value is -3.72. The highest BCUT2D eigenvalue weighted by Crippen LogP contribution is 2.28. The van der Waals surface area contributed by atoms with Crippen molar-refractivity contribution in [2.75, 3.05) is 13.1 Å². The molecule has 3 aliphatic rings. The van der Waals surface area contributed by atoms with Crippen LogP contribution in [-0.4, -0.2) is 75.9 Å². The molecule has 0 saturated carbocycles. The van der Waals surface area contributed by atoms with Gasteiger partial charge in [-0.25, -0.2) is 4.79 Å². The average molecular weight is 533 g/mol. The first-order valence-electron chi connectivity index (χ1n) is 13.9. The molecule has 39 heavy (non-hydrogen) atoms. The Morgan fingerprint density at radius 2 is 1.67 bits per heavy atom. The first kappa shape index (κ1) is 26.9. The number of rotatable bonds is 8. The summed E-state index contributed by atoms with van der Waals surface area (Å²) in [6.45, 7) is 1.44. The maximum Gasteiger partial charge on any atom is 0.326 e. The smallest absolute Gasteiger partial charge is 0.326 e. The zero-order chi connectivity index (χ0) is 27.4. The molecule has 4 atom stereocenters. The van der Waals surface area contributed by atoms with Gasteiger partial charge in [0.05, 0.1) is 6.04 Å². The van der Waals surface area contributed by atoms with Crippen molar-refractivity contribution in [2.24, 2.45) is 0 Å². The molecule has 3 N–H and O–H groups in total. The molecule has 9 heteroatoms. The average Bonchev–Trinajstić information content (AvgIpc) is 3.65. The minimum atomic E-state index is -1.01. The van der Waals surface area contributed by atoms with E-state index in [2.05, 4.69) is 10.6 Å². The van der Waals surface area contributed by atoms with Crippen LogP contribution in [0.2, 0.25) is 0 Å². The molecule has 5 rings (SSSR count). The minimum Gasteiger partial charge on any atom is -0.480 e. The maximum atomic E-state index is 13.9. The number of hydrogen-bond donors (Lipinski definition) is 3. The minimum absolute atomic E-state index is 0.0433. The summed E-state index contributed by atoms with van der Waals surface area (Å²) in [5, 5.41) is 16.0. The Bertz CT molecular complexity index is 1210. The van der Waals surface area contributed by atoms with Crippen LogP contribution in [0, 0.1) is 0 Å². The van der Waals surface area contributed by atoms with Crippen molar-refractivity contribution in [1.82, 2.24) is 20.4 Å². The second kappa shape index (κ2) is 12.0. The van der Waals surface area contributed by atoms with E-state index in [1.165, 1.54) is 4.90 Å². The number of nitrogens with one attached hydrogen (secondary N) is 2. The van der Waals surface area contributed by atoms with Crippen LogP contribution in [0.4, 0.5) is 0 Å². The van der Waals surface area contributed by atoms with E-state index < -0.39 is 24.1 Å². The molecule has 0 bridgehead atoms. The lowest BCUT2D eigenvalue weighted by molar-refractivity contribution is -0.153. The van der Waals surface area contributed by atoms with Gasteiger partial charge < -0.3 is 25.5 Å². The van der Waals surface area contributed by atoms with Gasteiger partial charge in [0, 0.05) is 32.0 Å². The molecule has 3 amide bonds. The third-order valence-electron chi connectivity index (χ3n) is 8.14. The van der Waals surface area contributed by atoms with E-state index in [0.29, 0.717) is 32.2 Å². The Morgan fingerprint density at radius 1 is 0.923 bits per heavy atom. The fraction of sp³-hybridized carbons (Fsp3) is 0.467. The molecular weight excluding hydrogens is 496 g/mol. The molecule has 9 nitrogen and oxygen atoms in total. The van der Waals surface area contributed by atoms with Crippen LogP contribution in [-0.2, 0) is 38.6 Å². The van der Waals surface area contributed by atoms with E-state index >= 15 is 0 Å². The number of carbonyl (C=O) groups is 4. The van der Waals surface area contributed by atoms with Crippen LogP contribution in [0.1, 0.15) is 48.8 Å². The number of benzene rings is 2. The van der Waals surface area contributed by atoms with E-state index in [4.69, 9.17) is 0 Å². The first-order chi connectivity index (χ1) is 18.9. The molecule has 0 unspecified atom stereocenters. The van der Waals surface area contributed by atoms with E-state index in [0.717, 1.165) is 36.1 Å². The van der Waals surface area contributed by atoms with Crippen LogP contribution < -0.4 is 10.6 Å². The van der Waals surface area contributed by atoms with Crippen molar-refractivity contribution >= 4 is 23.7 Å². The van der Waals surface area contributed by atoms with Crippen LogP contribution in [0.5, 0.6) is 0 Å². The van der Waals surface area contributed by atoms with Crippen molar-refractivity contribution in [3.05, 3.63) is 71.3 Å². The molecule has 3 aliphatic heterocycles. The first-order valence-corrected chi connectivity index (χ1v) is 13.9. The van der Waals surface area contributed by atoms with Crippen LogP contribution in [0.25, 0.3) is 0 Å². The number of fused-ring (bicyclic) bond motifs is 1.